The summed E-state index contributed by atoms with van der Waals surface area (Å²) in [6, 6.07) is 7.27. The average molecular weight is 273 g/mol. The molecule has 2 aromatic rings. The summed E-state index contributed by atoms with van der Waals surface area (Å²) >= 11 is 0. The van der Waals surface area contributed by atoms with Crippen LogP contribution >= 0.6 is 0 Å². The van der Waals surface area contributed by atoms with Gasteiger partial charge in [0.2, 0.25) is 5.91 Å². The van der Waals surface area contributed by atoms with E-state index in [9.17, 15) is 9.59 Å². The Morgan fingerprint density at radius 3 is 2.80 bits per heavy atom. The highest BCUT2D eigenvalue weighted by Gasteiger charge is 2.12. The van der Waals surface area contributed by atoms with Crippen molar-refractivity contribution in [3.05, 3.63) is 40.4 Å². The van der Waals surface area contributed by atoms with Gasteiger partial charge in [-0.3, -0.25) is 14.2 Å². The normalized spacial score (nSPS) is 12.3. The van der Waals surface area contributed by atoms with Crippen LogP contribution in [0.2, 0.25) is 0 Å². The molecule has 1 N–H and O–H groups in total. The number of aromatic nitrogens is 2. The number of hydrogen-bond acceptors (Lipinski definition) is 3. The molecule has 0 saturated heterocycles. The third kappa shape index (κ3) is 2.87. The van der Waals surface area contributed by atoms with E-state index in [2.05, 4.69) is 10.3 Å². The number of carbonyl (C=O) groups is 1. The molecule has 1 aromatic heterocycles. The minimum Gasteiger partial charge on any atom is -0.352 e. The second-order valence-corrected chi connectivity index (χ2v) is 4.94. The van der Waals surface area contributed by atoms with Crippen molar-refractivity contribution in [3.8, 4) is 0 Å². The van der Waals surface area contributed by atoms with Crippen LogP contribution in [0.3, 0.4) is 0 Å². The molecule has 0 aliphatic rings. The molecule has 0 aliphatic carbocycles. The minimum absolute atomic E-state index is 0.00679. The number of benzene rings is 1. The fourth-order valence-electron chi connectivity index (χ4n) is 2.03. The molecular weight excluding hydrogens is 254 g/mol. The zero-order valence-electron chi connectivity index (χ0n) is 12.0. The van der Waals surface area contributed by atoms with E-state index in [1.165, 1.54) is 4.57 Å². The highest BCUT2D eigenvalue weighted by molar-refractivity contribution is 5.79. The lowest BCUT2D eigenvalue weighted by Gasteiger charge is -2.14. The maximum atomic E-state index is 12.4. The van der Waals surface area contributed by atoms with Crippen LogP contribution < -0.4 is 10.9 Å². The van der Waals surface area contributed by atoms with Crippen molar-refractivity contribution < 1.29 is 4.79 Å². The summed E-state index contributed by atoms with van der Waals surface area (Å²) in [5, 5.41) is 3.39. The maximum absolute atomic E-state index is 12.4. The van der Waals surface area contributed by atoms with E-state index in [0.29, 0.717) is 16.7 Å². The molecule has 1 heterocycles. The number of aryl methyl sites for hydroxylation is 1. The molecule has 1 amide bonds. The van der Waals surface area contributed by atoms with Crippen LogP contribution in [-0.4, -0.2) is 21.5 Å². The van der Waals surface area contributed by atoms with Gasteiger partial charge in [0, 0.05) is 6.04 Å². The molecule has 5 nitrogen and oxygen atoms in total. The van der Waals surface area contributed by atoms with Gasteiger partial charge < -0.3 is 5.32 Å². The van der Waals surface area contributed by atoms with Gasteiger partial charge in [0.05, 0.1) is 10.9 Å². The second-order valence-electron chi connectivity index (χ2n) is 4.94. The van der Waals surface area contributed by atoms with Crippen molar-refractivity contribution in [2.24, 2.45) is 0 Å². The molecule has 5 heteroatoms. The summed E-state index contributed by atoms with van der Waals surface area (Å²) in [6.07, 6.45) is 0.857. The van der Waals surface area contributed by atoms with E-state index in [0.717, 1.165) is 6.42 Å². The highest BCUT2D eigenvalue weighted by Crippen LogP contribution is 2.07. The van der Waals surface area contributed by atoms with E-state index < -0.39 is 0 Å². The van der Waals surface area contributed by atoms with Gasteiger partial charge in [0.15, 0.2) is 0 Å². The molecule has 20 heavy (non-hydrogen) atoms. The van der Waals surface area contributed by atoms with Gasteiger partial charge in [-0.2, -0.15) is 0 Å². The van der Waals surface area contributed by atoms with E-state index in [-0.39, 0.29) is 24.1 Å². The predicted octanol–water partition coefficient (Wildman–Crippen LogP) is 1.62. The number of para-hydroxylation sites is 1. The Bertz CT molecular complexity index is 691. The third-order valence-electron chi connectivity index (χ3n) is 3.37. The molecule has 0 fully saturated rings. The number of nitrogens with zero attached hydrogens (tertiary/aromatic N) is 2. The minimum atomic E-state index is -0.174. The van der Waals surface area contributed by atoms with Gasteiger partial charge in [-0.25, -0.2) is 4.98 Å². The van der Waals surface area contributed by atoms with Crippen LogP contribution in [0.15, 0.2) is 29.1 Å². The summed E-state index contributed by atoms with van der Waals surface area (Å²) < 4.78 is 1.42. The van der Waals surface area contributed by atoms with E-state index >= 15 is 0 Å². The van der Waals surface area contributed by atoms with Crippen molar-refractivity contribution in [1.82, 2.24) is 14.9 Å². The predicted molar refractivity (Wildman–Crippen MR) is 78.6 cm³/mol. The van der Waals surface area contributed by atoms with Gasteiger partial charge in [0.25, 0.3) is 5.56 Å². The largest absolute Gasteiger partial charge is 0.352 e. The molecule has 106 valence electrons. The monoisotopic (exact) mass is 273 g/mol. The first-order chi connectivity index (χ1) is 9.52. The smallest absolute Gasteiger partial charge is 0.261 e. The summed E-state index contributed by atoms with van der Waals surface area (Å²) in [5.74, 6) is 0.384. The Hall–Kier alpha value is -2.17. The maximum Gasteiger partial charge on any atom is 0.261 e. The fourth-order valence-corrected chi connectivity index (χ4v) is 2.03. The fraction of sp³-hybridized carbons (Fsp3) is 0.400. The van der Waals surface area contributed by atoms with Crippen molar-refractivity contribution >= 4 is 16.8 Å². The van der Waals surface area contributed by atoms with Crippen LogP contribution in [-0.2, 0) is 11.3 Å². The molecule has 0 aliphatic heterocycles. The van der Waals surface area contributed by atoms with Gasteiger partial charge in [-0.1, -0.05) is 19.1 Å². The number of carbonyl (C=O) groups excluding carboxylic acids is 1. The highest BCUT2D eigenvalue weighted by atomic mass is 16.2. The van der Waals surface area contributed by atoms with Crippen molar-refractivity contribution in [2.45, 2.75) is 39.8 Å². The zero-order valence-corrected chi connectivity index (χ0v) is 12.0. The Kier molecular flexibility index (Phi) is 4.17. The lowest BCUT2D eigenvalue weighted by Crippen LogP contribution is -2.38. The number of hydrogen-bond donors (Lipinski definition) is 1. The first kappa shape index (κ1) is 14.2. The summed E-state index contributed by atoms with van der Waals surface area (Å²) in [5.41, 5.74) is 0.487. The topological polar surface area (TPSA) is 64.0 Å². The van der Waals surface area contributed by atoms with Gasteiger partial charge in [0.1, 0.15) is 12.4 Å². The molecular formula is C15H19N3O2. The SMILES string of the molecule is CCC(C)NC(=O)Cn1c(C)nc2ccccc2c1=O. The number of fused-ring (bicyclic) bond motifs is 1. The van der Waals surface area contributed by atoms with Gasteiger partial charge in [-0.15, -0.1) is 0 Å². The second kappa shape index (κ2) is 5.86. The Morgan fingerprint density at radius 2 is 2.10 bits per heavy atom. The number of rotatable bonds is 4. The quantitative estimate of drug-likeness (QED) is 0.920. The first-order valence-corrected chi connectivity index (χ1v) is 6.78. The molecule has 0 radical (unpaired) electrons. The molecule has 1 unspecified atom stereocenters. The van der Waals surface area contributed by atoms with Crippen LogP contribution in [0, 0.1) is 6.92 Å². The van der Waals surface area contributed by atoms with Crippen molar-refractivity contribution in [2.75, 3.05) is 0 Å². The Balaban J connectivity index is 2.35. The van der Waals surface area contributed by atoms with Gasteiger partial charge >= 0.3 is 0 Å². The van der Waals surface area contributed by atoms with E-state index in [1.54, 1.807) is 25.1 Å². The standard InChI is InChI=1S/C15H19N3O2/c1-4-10(2)16-14(19)9-18-11(3)17-13-8-6-5-7-12(13)15(18)20/h5-8,10H,4,9H2,1-3H3,(H,16,19). The summed E-state index contributed by atoms with van der Waals surface area (Å²) in [4.78, 5) is 28.7. The Labute approximate surface area is 117 Å². The summed E-state index contributed by atoms with van der Waals surface area (Å²) in [6.45, 7) is 5.68. The average Bonchev–Trinajstić information content (AvgIpc) is 2.43. The van der Waals surface area contributed by atoms with E-state index in [1.807, 2.05) is 19.9 Å². The van der Waals surface area contributed by atoms with E-state index in [4.69, 9.17) is 0 Å². The lowest BCUT2D eigenvalue weighted by atomic mass is 10.2. The van der Waals surface area contributed by atoms with Gasteiger partial charge in [-0.05, 0) is 32.4 Å². The summed E-state index contributed by atoms with van der Waals surface area (Å²) in [7, 11) is 0. The van der Waals surface area contributed by atoms with Crippen LogP contribution in [0.5, 0.6) is 0 Å². The lowest BCUT2D eigenvalue weighted by molar-refractivity contribution is -0.122. The number of nitrogens with one attached hydrogen (secondary N) is 1. The zero-order chi connectivity index (χ0) is 14.7. The molecule has 1 aromatic carbocycles. The van der Waals surface area contributed by atoms with Crippen LogP contribution in [0.25, 0.3) is 10.9 Å². The molecule has 0 saturated carbocycles. The van der Waals surface area contributed by atoms with Crippen LogP contribution in [0.1, 0.15) is 26.1 Å². The number of amides is 1. The Morgan fingerprint density at radius 1 is 1.40 bits per heavy atom. The van der Waals surface area contributed by atoms with Crippen molar-refractivity contribution in [1.29, 1.82) is 0 Å². The van der Waals surface area contributed by atoms with Crippen LogP contribution in [0.4, 0.5) is 0 Å². The van der Waals surface area contributed by atoms with Crippen molar-refractivity contribution in [3.63, 3.8) is 0 Å². The third-order valence-corrected chi connectivity index (χ3v) is 3.37. The molecule has 1 atom stereocenters. The molecule has 2 rings (SSSR count). The first-order valence-electron chi connectivity index (χ1n) is 6.78. The molecule has 0 bridgehead atoms. The molecule has 0 spiro atoms.